The molecule has 30 heavy (non-hydrogen) atoms. The van der Waals surface area contributed by atoms with E-state index in [1.54, 1.807) is 0 Å². The first kappa shape index (κ1) is 24.1. The van der Waals surface area contributed by atoms with Gasteiger partial charge in [0, 0.05) is 6.42 Å². The third-order valence-corrected chi connectivity index (χ3v) is 17.2. The lowest BCUT2D eigenvalue weighted by atomic mass is 10.0. The fourth-order valence-electron chi connectivity index (χ4n) is 5.23. The Balaban J connectivity index is 1.99. The summed E-state index contributed by atoms with van der Waals surface area (Å²) in [6, 6.07) is 8.66. The summed E-state index contributed by atoms with van der Waals surface area (Å²) in [5.41, 5.74) is 3.92. The summed E-state index contributed by atoms with van der Waals surface area (Å²) < 4.78 is 27.8. The van der Waals surface area contributed by atoms with E-state index in [2.05, 4.69) is 86.6 Å². The molecule has 0 aliphatic carbocycles. The molecule has 1 aromatic rings. The van der Waals surface area contributed by atoms with Gasteiger partial charge in [0.1, 0.15) is 6.10 Å². The number of rotatable bonds is 5. The molecule has 2 aliphatic heterocycles. The Morgan fingerprint density at radius 3 is 1.97 bits per heavy atom. The van der Waals surface area contributed by atoms with Crippen LogP contribution in [0, 0.1) is 6.92 Å². The van der Waals surface area contributed by atoms with Crippen LogP contribution >= 0.6 is 0 Å². The second-order valence-electron chi connectivity index (χ2n) is 10.4. The topological polar surface area (TPSA) is 36.9 Å². The van der Waals surface area contributed by atoms with Gasteiger partial charge in [0.15, 0.2) is 0 Å². The molecular weight excluding hydrogens is 408 g/mol. The van der Waals surface area contributed by atoms with Gasteiger partial charge in [-0.05, 0) is 34.7 Å². The van der Waals surface area contributed by atoms with Crippen LogP contribution in [0.25, 0.3) is 0 Å². The molecule has 2 fully saturated rings. The van der Waals surface area contributed by atoms with Crippen LogP contribution < -0.4 is 0 Å². The van der Waals surface area contributed by atoms with E-state index in [1.165, 1.54) is 11.1 Å². The van der Waals surface area contributed by atoms with E-state index in [9.17, 15) is 0 Å². The standard InChI is InChI=1S/C24H42O4Si2/c1-16(2)29(17(3)4)25-15-24-23(27-30(28-29,18(5)6)19(7)8)14-22(26-24)21-12-10-11-20(9)13-21/h10-13,16-19,22-24H,14-15H2,1-9H3/t22-,23+,24-/m1/s1. The normalized spacial score (nSPS) is 28.8. The molecule has 170 valence electrons. The van der Waals surface area contributed by atoms with Gasteiger partial charge in [0.05, 0.1) is 18.8 Å². The van der Waals surface area contributed by atoms with Crippen molar-refractivity contribution in [2.75, 3.05) is 6.61 Å². The lowest BCUT2D eigenvalue weighted by Gasteiger charge is -2.51. The summed E-state index contributed by atoms with van der Waals surface area (Å²) in [5, 5.41) is 0. The summed E-state index contributed by atoms with van der Waals surface area (Å²) in [6.45, 7) is 20.8. The highest BCUT2D eigenvalue weighted by Gasteiger charge is 2.60. The van der Waals surface area contributed by atoms with Gasteiger partial charge in [-0.25, -0.2) is 0 Å². The van der Waals surface area contributed by atoms with Crippen LogP contribution in [0.4, 0.5) is 0 Å². The summed E-state index contributed by atoms with van der Waals surface area (Å²) in [4.78, 5) is 0. The minimum Gasteiger partial charge on any atom is -0.414 e. The van der Waals surface area contributed by atoms with Crippen molar-refractivity contribution in [3.8, 4) is 0 Å². The Morgan fingerprint density at radius 2 is 1.43 bits per heavy atom. The minimum absolute atomic E-state index is 0.0262. The van der Waals surface area contributed by atoms with Crippen molar-refractivity contribution in [2.24, 2.45) is 0 Å². The number of benzene rings is 1. The monoisotopic (exact) mass is 450 g/mol. The predicted molar refractivity (Wildman–Crippen MR) is 127 cm³/mol. The van der Waals surface area contributed by atoms with Crippen molar-refractivity contribution in [1.29, 1.82) is 0 Å². The largest absolute Gasteiger partial charge is 0.414 e. The van der Waals surface area contributed by atoms with Crippen LogP contribution in [-0.2, 0) is 17.7 Å². The van der Waals surface area contributed by atoms with E-state index >= 15 is 0 Å². The van der Waals surface area contributed by atoms with Gasteiger partial charge < -0.3 is 17.7 Å². The van der Waals surface area contributed by atoms with Crippen LogP contribution in [0.2, 0.25) is 22.2 Å². The molecule has 0 unspecified atom stereocenters. The van der Waals surface area contributed by atoms with Crippen molar-refractivity contribution in [2.45, 2.75) is 109 Å². The highest BCUT2D eigenvalue weighted by Crippen LogP contribution is 2.48. The van der Waals surface area contributed by atoms with E-state index in [0.717, 1.165) is 6.42 Å². The van der Waals surface area contributed by atoms with Crippen LogP contribution in [0.5, 0.6) is 0 Å². The predicted octanol–water partition coefficient (Wildman–Crippen LogP) is 6.78. The molecule has 0 N–H and O–H groups in total. The molecule has 4 nitrogen and oxygen atoms in total. The molecule has 0 saturated carbocycles. The third kappa shape index (κ3) is 4.36. The lowest BCUT2D eigenvalue weighted by Crippen LogP contribution is -2.65. The highest BCUT2D eigenvalue weighted by atomic mass is 28.5. The van der Waals surface area contributed by atoms with E-state index in [1.807, 2.05) is 0 Å². The zero-order valence-corrected chi connectivity index (χ0v) is 22.4. The molecule has 2 saturated heterocycles. The number of ether oxygens (including phenoxy) is 1. The Kier molecular flexibility index (Phi) is 7.37. The van der Waals surface area contributed by atoms with Crippen LogP contribution in [0.1, 0.15) is 79.0 Å². The van der Waals surface area contributed by atoms with Crippen LogP contribution in [0.15, 0.2) is 24.3 Å². The van der Waals surface area contributed by atoms with Gasteiger partial charge in [0.2, 0.25) is 0 Å². The molecule has 0 spiro atoms. The zero-order valence-electron chi connectivity index (χ0n) is 20.4. The summed E-state index contributed by atoms with van der Waals surface area (Å²) in [7, 11) is -5.05. The van der Waals surface area contributed by atoms with Gasteiger partial charge in [-0.15, -0.1) is 0 Å². The van der Waals surface area contributed by atoms with Crippen molar-refractivity contribution in [3.05, 3.63) is 35.4 Å². The SMILES string of the molecule is Cc1cccc([C@H]2C[C@@H]3O[Si](C(C)C)(C(C)C)O[Si](C(C)C)(C(C)C)OC[C@H]3O2)c1. The molecule has 3 atom stereocenters. The molecule has 0 bridgehead atoms. The molecule has 1 aromatic carbocycles. The Hall–Kier alpha value is -0.506. The Labute approximate surface area is 186 Å². The molecule has 0 amide bonds. The number of hydrogen-bond acceptors (Lipinski definition) is 4. The van der Waals surface area contributed by atoms with Crippen molar-refractivity contribution >= 4 is 17.1 Å². The number of aryl methyl sites for hydroxylation is 1. The van der Waals surface area contributed by atoms with E-state index < -0.39 is 17.1 Å². The third-order valence-electron chi connectivity index (χ3n) is 6.96. The molecule has 3 rings (SSSR count). The van der Waals surface area contributed by atoms with Gasteiger partial charge >= 0.3 is 17.1 Å². The van der Waals surface area contributed by atoms with E-state index in [-0.39, 0.29) is 18.3 Å². The van der Waals surface area contributed by atoms with E-state index in [0.29, 0.717) is 28.8 Å². The Bertz CT molecular complexity index is 703. The lowest BCUT2D eigenvalue weighted by molar-refractivity contribution is -0.0385. The van der Waals surface area contributed by atoms with Crippen molar-refractivity contribution < 1.29 is 17.7 Å². The quantitative estimate of drug-likeness (QED) is 0.463. The zero-order chi connectivity index (χ0) is 22.3. The average Bonchev–Trinajstić information content (AvgIpc) is 3.03. The minimum atomic E-state index is -2.55. The van der Waals surface area contributed by atoms with Gasteiger partial charge in [-0.2, -0.15) is 0 Å². The second-order valence-corrected chi connectivity index (χ2v) is 19.3. The molecule has 6 heteroatoms. The van der Waals surface area contributed by atoms with Crippen LogP contribution in [-0.4, -0.2) is 35.9 Å². The molecule has 2 aliphatic rings. The van der Waals surface area contributed by atoms with Crippen LogP contribution in [0.3, 0.4) is 0 Å². The second kappa shape index (κ2) is 9.16. The van der Waals surface area contributed by atoms with Crippen molar-refractivity contribution in [1.82, 2.24) is 0 Å². The first-order valence-corrected chi connectivity index (χ1v) is 15.7. The maximum absolute atomic E-state index is 7.26. The molecule has 0 aromatic heterocycles. The molecule has 2 heterocycles. The smallest absolute Gasteiger partial charge is 0.335 e. The molecular formula is C24H42O4Si2. The average molecular weight is 451 g/mol. The summed E-state index contributed by atoms with van der Waals surface area (Å²) in [5.74, 6) is 0. The number of hydrogen-bond donors (Lipinski definition) is 0. The summed E-state index contributed by atoms with van der Waals surface area (Å²) in [6.07, 6.45) is 0.917. The van der Waals surface area contributed by atoms with E-state index in [4.69, 9.17) is 17.7 Å². The highest BCUT2D eigenvalue weighted by molar-refractivity contribution is 6.83. The number of fused-ring (bicyclic) bond motifs is 1. The fraction of sp³-hybridized carbons (Fsp3) is 0.750. The van der Waals surface area contributed by atoms with Gasteiger partial charge in [0.25, 0.3) is 0 Å². The maximum Gasteiger partial charge on any atom is 0.335 e. The van der Waals surface area contributed by atoms with Gasteiger partial charge in [-0.3, -0.25) is 0 Å². The van der Waals surface area contributed by atoms with Crippen molar-refractivity contribution in [3.63, 3.8) is 0 Å². The van der Waals surface area contributed by atoms with Gasteiger partial charge in [-0.1, -0.05) is 85.2 Å². The first-order valence-electron chi connectivity index (χ1n) is 11.8. The molecule has 0 radical (unpaired) electrons. The Morgan fingerprint density at radius 1 is 0.833 bits per heavy atom. The fourth-order valence-corrected chi connectivity index (χ4v) is 16.5. The maximum atomic E-state index is 7.26. The first-order chi connectivity index (χ1) is 14.0. The summed E-state index contributed by atoms with van der Waals surface area (Å²) >= 11 is 0.